The van der Waals surface area contributed by atoms with Crippen LogP contribution in [0, 0.1) is 11.3 Å². The molecule has 2 rings (SSSR count). The van der Waals surface area contributed by atoms with Crippen molar-refractivity contribution < 1.29 is 4.79 Å². The van der Waals surface area contributed by atoms with Gasteiger partial charge in [0.2, 0.25) is 0 Å². The summed E-state index contributed by atoms with van der Waals surface area (Å²) in [5.41, 5.74) is 2.19. The maximum atomic E-state index is 12.0. The first-order valence-corrected chi connectivity index (χ1v) is 7.33. The van der Waals surface area contributed by atoms with E-state index in [1.54, 1.807) is 24.3 Å². The van der Waals surface area contributed by atoms with Crippen LogP contribution in [0.4, 0.5) is 10.5 Å². The minimum absolute atomic E-state index is 0.276. The highest BCUT2D eigenvalue weighted by Crippen LogP contribution is 2.18. The first kappa shape index (κ1) is 15.6. The number of carbonyl (C=O) groups excluding carboxylic acids is 1. The van der Waals surface area contributed by atoms with Crippen molar-refractivity contribution in [3.63, 3.8) is 0 Å². The van der Waals surface area contributed by atoms with E-state index >= 15 is 0 Å². The van der Waals surface area contributed by atoms with Gasteiger partial charge in [-0.1, -0.05) is 49.4 Å². The van der Waals surface area contributed by atoms with Gasteiger partial charge in [0.05, 0.1) is 11.3 Å². The van der Waals surface area contributed by atoms with E-state index in [4.69, 9.17) is 5.26 Å². The van der Waals surface area contributed by atoms with Crippen molar-refractivity contribution in [2.45, 2.75) is 19.3 Å². The quantitative estimate of drug-likeness (QED) is 0.878. The summed E-state index contributed by atoms with van der Waals surface area (Å²) in [6.45, 7) is 2.66. The molecule has 0 saturated carbocycles. The van der Waals surface area contributed by atoms with Gasteiger partial charge in [-0.05, 0) is 24.1 Å². The molecule has 0 fully saturated rings. The molecule has 0 radical (unpaired) electrons. The van der Waals surface area contributed by atoms with Crippen LogP contribution >= 0.6 is 0 Å². The summed E-state index contributed by atoms with van der Waals surface area (Å²) in [4.78, 5) is 12.0. The Balaban J connectivity index is 1.94. The van der Waals surface area contributed by atoms with Crippen LogP contribution in [0.1, 0.15) is 30.4 Å². The molecule has 1 atom stereocenters. The molecule has 2 aromatic rings. The van der Waals surface area contributed by atoms with Crippen LogP contribution in [-0.4, -0.2) is 12.6 Å². The zero-order valence-electron chi connectivity index (χ0n) is 12.5. The minimum atomic E-state index is -0.294. The molecule has 0 heterocycles. The minimum Gasteiger partial charge on any atom is -0.337 e. The van der Waals surface area contributed by atoms with E-state index in [0.717, 1.165) is 6.42 Å². The van der Waals surface area contributed by atoms with E-state index < -0.39 is 0 Å². The topological polar surface area (TPSA) is 64.9 Å². The van der Waals surface area contributed by atoms with Crippen LogP contribution in [0.5, 0.6) is 0 Å². The Bertz CT molecular complexity index is 662. The summed E-state index contributed by atoms with van der Waals surface area (Å²) >= 11 is 0. The van der Waals surface area contributed by atoms with Crippen LogP contribution in [0.25, 0.3) is 0 Å². The number of para-hydroxylation sites is 1. The summed E-state index contributed by atoms with van der Waals surface area (Å²) in [7, 11) is 0. The third-order valence-electron chi connectivity index (χ3n) is 3.57. The molecule has 2 aromatic carbocycles. The van der Waals surface area contributed by atoms with Crippen molar-refractivity contribution in [1.29, 1.82) is 5.26 Å². The first-order chi connectivity index (χ1) is 10.7. The Hall–Kier alpha value is -2.80. The third-order valence-corrected chi connectivity index (χ3v) is 3.57. The lowest BCUT2D eigenvalue weighted by molar-refractivity contribution is 0.251. The summed E-state index contributed by atoms with van der Waals surface area (Å²) in [5.74, 6) is 0.276. The number of benzene rings is 2. The normalized spacial score (nSPS) is 11.3. The molecular formula is C18H19N3O. The van der Waals surface area contributed by atoms with Crippen molar-refractivity contribution in [2.24, 2.45) is 0 Å². The van der Waals surface area contributed by atoms with Gasteiger partial charge in [0.15, 0.2) is 0 Å². The van der Waals surface area contributed by atoms with E-state index in [1.165, 1.54) is 5.56 Å². The summed E-state index contributed by atoms with van der Waals surface area (Å²) < 4.78 is 0. The maximum absolute atomic E-state index is 12.0. The van der Waals surface area contributed by atoms with E-state index in [9.17, 15) is 4.79 Å². The molecule has 4 nitrogen and oxygen atoms in total. The van der Waals surface area contributed by atoms with Gasteiger partial charge in [-0.3, -0.25) is 0 Å². The molecule has 4 heteroatoms. The lowest BCUT2D eigenvalue weighted by Crippen LogP contribution is -2.32. The number of hydrogen-bond donors (Lipinski definition) is 2. The summed E-state index contributed by atoms with van der Waals surface area (Å²) in [6.07, 6.45) is 0.944. The molecular weight excluding hydrogens is 274 g/mol. The van der Waals surface area contributed by atoms with Crippen LogP contribution in [0.2, 0.25) is 0 Å². The van der Waals surface area contributed by atoms with Crippen molar-refractivity contribution in [1.82, 2.24) is 5.32 Å². The van der Waals surface area contributed by atoms with Gasteiger partial charge in [-0.2, -0.15) is 5.26 Å². The van der Waals surface area contributed by atoms with Crippen molar-refractivity contribution in [3.8, 4) is 6.07 Å². The first-order valence-electron chi connectivity index (χ1n) is 7.33. The fourth-order valence-electron chi connectivity index (χ4n) is 2.30. The predicted octanol–water partition coefficient (Wildman–Crippen LogP) is 3.87. The highest BCUT2D eigenvalue weighted by molar-refractivity contribution is 5.90. The Morgan fingerprint density at radius 3 is 2.50 bits per heavy atom. The predicted molar refractivity (Wildman–Crippen MR) is 87.7 cm³/mol. The number of rotatable bonds is 5. The highest BCUT2D eigenvalue weighted by atomic mass is 16.2. The Morgan fingerprint density at radius 2 is 1.82 bits per heavy atom. The average Bonchev–Trinajstić information content (AvgIpc) is 2.57. The number of amides is 2. The Labute approximate surface area is 130 Å². The van der Waals surface area contributed by atoms with Gasteiger partial charge < -0.3 is 10.6 Å². The largest absolute Gasteiger partial charge is 0.337 e. The van der Waals surface area contributed by atoms with Gasteiger partial charge in [-0.25, -0.2) is 4.79 Å². The Kier molecular flexibility index (Phi) is 5.56. The lowest BCUT2D eigenvalue weighted by Gasteiger charge is -2.16. The second kappa shape index (κ2) is 7.84. The van der Waals surface area contributed by atoms with Crippen LogP contribution in [-0.2, 0) is 0 Å². The van der Waals surface area contributed by atoms with E-state index in [2.05, 4.69) is 35.8 Å². The van der Waals surface area contributed by atoms with Crippen LogP contribution < -0.4 is 10.6 Å². The zero-order valence-corrected chi connectivity index (χ0v) is 12.5. The fourth-order valence-corrected chi connectivity index (χ4v) is 2.30. The molecule has 0 saturated heterocycles. The molecule has 112 valence electrons. The number of carbonyl (C=O) groups is 1. The second-order valence-corrected chi connectivity index (χ2v) is 5.01. The van der Waals surface area contributed by atoms with Crippen molar-refractivity contribution >= 4 is 11.7 Å². The molecule has 2 N–H and O–H groups in total. The van der Waals surface area contributed by atoms with Gasteiger partial charge in [0, 0.05) is 12.5 Å². The van der Waals surface area contributed by atoms with Crippen molar-refractivity contribution in [2.75, 3.05) is 11.9 Å². The number of nitriles is 1. The monoisotopic (exact) mass is 293 g/mol. The smallest absolute Gasteiger partial charge is 0.319 e. The fraction of sp³-hybridized carbons (Fsp3) is 0.222. The van der Waals surface area contributed by atoms with E-state index in [0.29, 0.717) is 17.8 Å². The molecule has 2 amide bonds. The number of anilines is 1. The van der Waals surface area contributed by atoms with Gasteiger partial charge in [0.1, 0.15) is 6.07 Å². The lowest BCUT2D eigenvalue weighted by atomic mass is 9.97. The zero-order chi connectivity index (χ0) is 15.8. The average molecular weight is 293 g/mol. The summed E-state index contributed by atoms with van der Waals surface area (Å²) in [5, 5.41) is 14.6. The van der Waals surface area contributed by atoms with Crippen molar-refractivity contribution in [3.05, 3.63) is 65.7 Å². The number of nitrogens with one attached hydrogen (secondary N) is 2. The van der Waals surface area contributed by atoms with Gasteiger partial charge in [-0.15, -0.1) is 0 Å². The number of nitrogens with zero attached hydrogens (tertiary/aromatic N) is 1. The van der Waals surface area contributed by atoms with Crippen LogP contribution in [0.15, 0.2) is 54.6 Å². The molecule has 0 aliphatic rings. The molecule has 0 bridgehead atoms. The highest BCUT2D eigenvalue weighted by Gasteiger charge is 2.11. The van der Waals surface area contributed by atoms with E-state index in [-0.39, 0.29) is 11.9 Å². The molecule has 0 aliphatic heterocycles. The molecule has 22 heavy (non-hydrogen) atoms. The molecule has 0 aromatic heterocycles. The number of urea groups is 1. The maximum Gasteiger partial charge on any atom is 0.319 e. The third kappa shape index (κ3) is 4.10. The molecule has 0 spiro atoms. The SMILES string of the molecule is CCC(CNC(=O)Nc1ccccc1C#N)c1ccccc1. The molecule has 1 unspecified atom stereocenters. The van der Waals surface area contributed by atoms with Crippen LogP contribution in [0.3, 0.4) is 0 Å². The standard InChI is InChI=1S/C18H19N3O/c1-2-14(15-8-4-3-5-9-15)13-20-18(22)21-17-11-7-6-10-16(17)12-19/h3-11,14H,2,13H2,1H3,(H2,20,21,22). The van der Waals surface area contributed by atoms with Gasteiger partial charge in [0.25, 0.3) is 0 Å². The Morgan fingerprint density at radius 1 is 1.14 bits per heavy atom. The second-order valence-electron chi connectivity index (χ2n) is 5.01. The van der Waals surface area contributed by atoms with Gasteiger partial charge >= 0.3 is 6.03 Å². The van der Waals surface area contributed by atoms with E-state index in [1.807, 2.05) is 18.2 Å². The number of hydrogen-bond acceptors (Lipinski definition) is 2. The molecule has 0 aliphatic carbocycles. The summed E-state index contributed by atoms with van der Waals surface area (Å²) in [6, 6.07) is 18.8.